The van der Waals surface area contributed by atoms with E-state index in [4.69, 9.17) is 4.74 Å². The van der Waals surface area contributed by atoms with Crippen molar-refractivity contribution in [2.75, 3.05) is 33.3 Å². The van der Waals surface area contributed by atoms with Crippen molar-refractivity contribution >= 4 is 28.0 Å². The molecule has 0 radical (unpaired) electrons. The summed E-state index contributed by atoms with van der Waals surface area (Å²) in [5.74, 6) is 0.419. The number of piperidine rings is 2. The molecule has 3 heterocycles. The number of nitrogens with one attached hydrogen (secondary N) is 3. The molecule has 3 N–H and O–H groups in total. The molecule has 0 bridgehead atoms. The van der Waals surface area contributed by atoms with Crippen LogP contribution < -0.4 is 16.1 Å². The van der Waals surface area contributed by atoms with Gasteiger partial charge in [-0.2, -0.15) is 4.41 Å². The number of hydrazine groups is 1. The van der Waals surface area contributed by atoms with Crippen LogP contribution >= 0.6 is 22.1 Å². The summed E-state index contributed by atoms with van der Waals surface area (Å²) in [5, 5.41) is 7.05. The highest BCUT2D eigenvalue weighted by Gasteiger charge is 2.44. The van der Waals surface area contributed by atoms with Gasteiger partial charge in [0.05, 0.1) is 12.2 Å². The van der Waals surface area contributed by atoms with E-state index >= 15 is 0 Å². The van der Waals surface area contributed by atoms with Gasteiger partial charge in [0.15, 0.2) is 6.35 Å². The number of amides is 1. The number of rotatable bonds is 8. The fraction of sp³-hybridized carbons (Fsp3) is 0.952. The quantitative estimate of drug-likeness (QED) is 0.222. The number of carbonyl (C=O) groups excluding carboxylic acids is 1. The molecule has 33 heavy (non-hydrogen) atoms. The number of nitrogens with zero attached hydrogens (tertiary/aromatic N) is 3. The molecule has 3 aliphatic heterocycles. The van der Waals surface area contributed by atoms with Gasteiger partial charge >= 0.3 is 0 Å². The van der Waals surface area contributed by atoms with Gasteiger partial charge in [0.25, 0.3) is 0 Å². The Morgan fingerprint density at radius 1 is 1.24 bits per heavy atom. The molecule has 10 unspecified atom stereocenters. The van der Waals surface area contributed by atoms with Crippen molar-refractivity contribution in [1.82, 2.24) is 30.3 Å². The van der Waals surface area contributed by atoms with Gasteiger partial charge in [0.1, 0.15) is 12.3 Å². The molecule has 12 heteroatoms. The monoisotopic (exact) mass is 510 g/mol. The lowest BCUT2D eigenvalue weighted by atomic mass is 9.85. The average molecular weight is 511 g/mol. The first-order chi connectivity index (χ1) is 15.6. The second kappa shape index (κ2) is 12.2. The van der Waals surface area contributed by atoms with Crippen molar-refractivity contribution in [2.45, 2.75) is 88.7 Å². The number of fused-ring (bicyclic) bond motifs is 1. The first-order valence-electron chi connectivity index (χ1n) is 11.9. The summed E-state index contributed by atoms with van der Waals surface area (Å²) in [6, 6.07) is -0.814. The molecule has 192 valence electrons. The molecule has 3 rings (SSSR count). The number of thiol groups is 1. The van der Waals surface area contributed by atoms with E-state index in [2.05, 4.69) is 43.0 Å². The summed E-state index contributed by atoms with van der Waals surface area (Å²) in [4.78, 5) is 16.2. The van der Waals surface area contributed by atoms with E-state index < -0.39 is 18.4 Å². The molecule has 3 fully saturated rings. The van der Waals surface area contributed by atoms with Crippen LogP contribution in [0.1, 0.15) is 40.0 Å². The molecule has 0 aromatic heterocycles. The predicted molar refractivity (Wildman–Crippen MR) is 132 cm³/mol. The Kier molecular flexibility index (Phi) is 10.2. The molecule has 0 saturated carbocycles. The number of ether oxygens (including phenoxy) is 1. The third-order valence-electron chi connectivity index (χ3n) is 7.18. The lowest BCUT2D eigenvalue weighted by molar-refractivity contribution is -0.135. The summed E-state index contributed by atoms with van der Waals surface area (Å²) in [5.41, 5.74) is 2.88. The van der Waals surface area contributed by atoms with Crippen LogP contribution in [0.15, 0.2) is 0 Å². The highest BCUT2D eigenvalue weighted by molar-refractivity contribution is 7.77. The van der Waals surface area contributed by atoms with Crippen LogP contribution in [0.4, 0.5) is 8.78 Å². The zero-order chi connectivity index (χ0) is 24.3. The van der Waals surface area contributed by atoms with Crippen molar-refractivity contribution in [3.63, 3.8) is 0 Å². The van der Waals surface area contributed by atoms with Crippen LogP contribution in [0, 0.1) is 5.92 Å². The molecule has 1 amide bonds. The third-order valence-corrected chi connectivity index (χ3v) is 7.93. The Hall–Kier alpha value is -0.130. The standard InChI is InChI=1S/C21H41F2N6O2PS/c1-12(22)19(18(23)13(2)32)29(33)26-15-6-5-8-28(10-15)20-16-7-9-27(14(3)30)11-17(16)24-21(25-20)31-4/h12-13,15-21,24-26,33H,5-11,32H2,1-4H3. The van der Waals surface area contributed by atoms with E-state index in [1.807, 2.05) is 4.90 Å². The van der Waals surface area contributed by atoms with Crippen LogP contribution in [0.5, 0.6) is 0 Å². The Morgan fingerprint density at radius 3 is 2.58 bits per heavy atom. The number of likely N-dealkylation sites (tertiary alicyclic amines) is 2. The van der Waals surface area contributed by atoms with Crippen LogP contribution in [-0.4, -0.2) is 102 Å². The Balaban J connectivity index is 1.66. The molecule has 0 aromatic carbocycles. The number of hydrogen-bond acceptors (Lipinski definition) is 8. The first kappa shape index (κ1) is 27.5. The van der Waals surface area contributed by atoms with Gasteiger partial charge < -0.3 is 9.64 Å². The lowest BCUT2D eigenvalue weighted by Gasteiger charge is -2.52. The van der Waals surface area contributed by atoms with E-state index in [1.165, 1.54) is 11.3 Å². The maximum atomic E-state index is 14.7. The summed E-state index contributed by atoms with van der Waals surface area (Å²) in [7, 11) is 4.07. The van der Waals surface area contributed by atoms with Crippen molar-refractivity contribution < 1.29 is 18.3 Å². The summed E-state index contributed by atoms with van der Waals surface area (Å²) in [6.07, 6.45) is -0.173. The smallest absolute Gasteiger partial charge is 0.219 e. The molecule has 8 nitrogen and oxygen atoms in total. The average Bonchev–Trinajstić information content (AvgIpc) is 2.77. The predicted octanol–water partition coefficient (Wildman–Crippen LogP) is 1.12. The second-order valence-electron chi connectivity index (χ2n) is 9.70. The largest absolute Gasteiger partial charge is 0.353 e. The van der Waals surface area contributed by atoms with Gasteiger partial charge in [-0.15, -0.1) is 9.24 Å². The zero-order valence-corrected chi connectivity index (χ0v) is 22.1. The van der Waals surface area contributed by atoms with Crippen LogP contribution in [0.2, 0.25) is 0 Å². The lowest BCUT2D eigenvalue weighted by Crippen LogP contribution is -2.73. The summed E-state index contributed by atoms with van der Waals surface area (Å²) >= 11 is 4.43. The van der Waals surface area contributed by atoms with Crippen molar-refractivity contribution in [3.8, 4) is 0 Å². The SMILES string of the molecule is COC1NC2CN(C(C)=O)CCC2C(N2CCCC(NN(S)C(C(C)F)C(F)C(C)P)C2)N1. The maximum Gasteiger partial charge on any atom is 0.219 e. The Labute approximate surface area is 204 Å². The maximum absolute atomic E-state index is 14.7. The van der Waals surface area contributed by atoms with Gasteiger partial charge in [0.2, 0.25) is 5.91 Å². The summed E-state index contributed by atoms with van der Waals surface area (Å²) in [6.45, 7) is 7.77. The fourth-order valence-corrected chi connectivity index (χ4v) is 6.08. The second-order valence-corrected chi connectivity index (χ2v) is 11.2. The number of halogens is 2. The summed E-state index contributed by atoms with van der Waals surface area (Å²) < 4.78 is 35.9. The number of methoxy groups -OCH3 is 1. The fourth-order valence-electron chi connectivity index (χ4n) is 5.38. The minimum atomic E-state index is -1.37. The van der Waals surface area contributed by atoms with Gasteiger partial charge in [-0.1, -0.05) is 19.7 Å². The third kappa shape index (κ3) is 6.76. The topological polar surface area (TPSA) is 72.1 Å². The number of alkyl halides is 2. The highest BCUT2D eigenvalue weighted by Crippen LogP contribution is 2.29. The molecule has 0 spiro atoms. The number of hydrogen-bond donors (Lipinski definition) is 4. The molecular formula is C21H41F2N6O2PS. The molecule has 3 aliphatic rings. The Morgan fingerprint density at radius 2 is 1.97 bits per heavy atom. The van der Waals surface area contributed by atoms with Crippen LogP contribution in [0.25, 0.3) is 0 Å². The van der Waals surface area contributed by atoms with E-state index in [9.17, 15) is 13.6 Å². The van der Waals surface area contributed by atoms with Gasteiger partial charge in [-0.05, 0) is 32.7 Å². The van der Waals surface area contributed by atoms with Crippen molar-refractivity contribution in [3.05, 3.63) is 0 Å². The van der Waals surface area contributed by atoms with Crippen LogP contribution in [-0.2, 0) is 9.53 Å². The van der Waals surface area contributed by atoms with E-state index in [0.717, 1.165) is 38.9 Å². The van der Waals surface area contributed by atoms with Gasteiger partial charge in [-0.3, -0.25) is 20.3 Å². The van der Waals surface area contributed by atoms with Gasteiger partial charge in [0, 0.05) is 57.3 Å². The molecule has 0 aromatic rings. The van der Waals surface area contributed by atoms with Crippen molar-refractivity contribution in [2.24, 2.45) is 5.92 Å². The minimum Gasteiger partial charge on any atom is -0.353 e. The normalized spacial score (nSPS) is 35.1. The van der Waals surface area contributed by atoms with E-state index in [1.54, 1.807) is 21.0 Å². The minimum absolute atomic E-state index is 0.0259. The molecule has 0 aliphatic carbocycles. The van der Waals surface area contributed by atoms with E-state index in [0.29, 0.717) is 12.5 Å². The van der Waals surface area contributed by atoms with Gasteiger partial charge in [-0.25, -0.2) is 14.2 Å². The number of carbonyl (C=O) groups is 1. The first-order valence-corrected chi connectivity index (χ1v) is 13.0. The molecule has 3 saturated heterocycles. The van der Waals surface area contributed by atoms with Crippen LogP contribution in [0.3, 0.4) is 0 Å². The van der Waals surface area contributed by atoms with Crippen molar-refractivity contribution in [1.29, 1.82) is 0 Å². The molecular weight excluding hydrogens is 469 g/mol. The highest BCUT2D eigenvalue weighted by atomic mass is 32.1. The Bertz CT molecular complexity index is 654. The zero-order valence-electron chi connectivity index (χ0n) is 20.1. The molecule has 10 atom stereocenters. The van der Waals surface area contributed by atoms with E-state index in [-0.39, 0.29) is 36.2 Å².